The van der Waals surface area contributed by atoms with Crippen LogP contribution < -0.4 is 10.7 Å². The largest absolute Gasteiger partial charge is 0.450 e. The molecule has 0 aliphatic rings. The Labute approximate surface area is 149 Å². The first-order chi connectivity index (χ1) is 12.4. The van der Waals surface area contributed by atoms with Crippen LogP contribution in [0.15, 0.2) is 57.7 Å². The van der Waals surface area contributed by atoms with Gasteiger partial charge < -0.3 is 14.5 Å². The third kappa shape index (κ3) is 3.97. The Hall–Kier alpha value is -3.41. The van der Waals surface area contributed by atoms with E-state index in [0.29, 0.717) is 11.1 Å². The number of carbonyl (C=O) groups is 2. The summed E-state index contributed by atoms with van der Waals surface area (Å²) in [6, 6.07) is 13.3. The molecule has 0 saturated carbocycles. The van der Waals surface area contributed by atoms with Gasteiger partial charge in [-0.3, -0.25) is 9.59 Å². The Morgan fingerprint density at radius 3 is 2.46 bits per heavy atom. The minimum atomic E-state index is -0.872. The van der Waals surface area contributed by atoms with Gasteiger partial charge in [-0.1, -0.05) is 18.2 Å². The summed E-state index contributed by atoms with van der Waals surface area (Å²) < 4.78 is 10.3. The third-order valence-corrected chi connectivity index (χ3v) is 3.68. The molecule has 0 saturated heterocycles. The number of ether oxygens (including phenoxy) is 1. The van der Waals surface area contributed by atoms with E-state index in [9.17, 15) is 14.4 Å². The van der Waals surface area contributed by atoms with Crippen LogP contribution in [0.25, 0.3) is 11.0 Å². The minimum absolute atomic E-state index is 0.243. The van der Waals surface area contributed by atoms with Gasteiger partial charge in [-0.25, -0.2) is 4.79 Å². The molecule has 0 radical (unpaired) electrons. The molecular weight excluding hydrogens is 334 g/mol. The van der Waals surface area contributed by atoms with Crippen molar-refractivity contribution >= 4 is 28.5 Å². The second-order valence-electron chi connectivity index (χ2n) is 5.97. The van der Waals surface area contributed by atoms with Crippen molar-refractivity contribution in [2.45, 2.75) is 13.8 Å². The van der Waals surface area contributed by atoms with Gasteiger partial charge in [-0.05, 0) is 49.2 Å². The lowest BCUT2D eigenvalue weighted by Gasteiger charge is -2.08. The van der Waals surface area contributed by atoms with E-state index < -0.39 is 18.5 Å². The highest BCUT2D eigenvalue weighted by Gasteiger charge is 2.15. The molecule has 6 nitrogen and oxygen atoms in total. The third-order valence-electron chi connectivity index (χ3n) is 3.68. The number of aryl methyl sites for hydroxylation is 2. The maximum absolute atomic E-state index is 12.1. The molecule has 0 unspecified atom stereocenters. The van der Waals surface area contributed by atoms with E-state index in [1.54, 1.807) is 24.3 Å². The molecular formula is C20H17NO5. The lowest BCUT2D eigenvalue weighted by Crippen LogP contribution is -2.21. The molecule has 1 N–H and O–H groups in total. The minimum Gasteiger partial charge on any atom is -0.450 e. The fraction of sp³-hybridized carbons (Fsp3) is 0.150. The smallest absolute Gasteiger partial charge is 0.374 e. The van der Waals surface area contributed by atoms with Gasteiger partial charge in [0.1, 0.15) is 5.58 Å². The summed E-state index contributed by atoms with van der Waals surface area (Å²) in [4.78, 5) is 36.0. The van der Waals surface area contributed by atoms with Crippen LogP contribution in [0, 0.1) is 13.8 Å². The zero-order chi connectivity index (χ0) is 18.7. The van der Waals surface area contributed by atoms with E-state index in [0.717, 1.165) is 17.2 Å². The summed E-state index contributed by atoms with van der Waals surface area (Å²) in [6.45, 7) is 3.36. The first kappa shape index (κ1) is 17.4. The summed E-state index contributed by atoms with van der Waals surface area (Å²) in [5.41, 5.74) is 2.58. The van der Waals surface area contributed by atoms with E-state index in [4.69, 9.17) is 9.15 Å². The second-order valence-corrected chi connectivity index (χ2v) is 5.97. The first-order valence-electron chi connectivity index (χ1n) is 8.00. The number of para-hydroxylation sites is 1. The fourth-order valence-electron chi connectivity index (χ4n) is 2.65. The number of anilines is 1. The maximum Gasteiger partial charge on any atom is 0.374 e. The number of amides is 1. The first-order valence-corrected chi connectivity index (χ1v) is 8.00. The van der Waals surface area contributed by atoms with Gasteiger partial charge in [-0.15, -0.1) is 0 Å². The quantitative estimate of drug-likeness (QED) is 0.730. The van der Waals surface area contributed by atoms with Crippen molar-refractivity contribution in [2.24, 2.45) is 0 Å². The summed E-state index contributed by atoms with van der Waals surface area (Å²) in [5, 5.41) is 3.03. The van der Waals surface area contributed by atoms with Gasteiger partial charge >= 0.3 is 5.97 Å². The molecule has 1 aromatic heterocycles. The number of fused-ring (bicyclic) bond motifs is 1. The normalized spacial score (nSPS) is 10.5. The number of esters is 1. The van der Waals surface area contributed by atoms with Crippen LogP contribution in [-0.2, 0) is 9.53 Å². The average Bonchev–Trinajstić information content (AvgIpc) is 2.58. The number of hydrogen-bond donors (Lipinski definition) is 1. The van der Waals surface area contributed by atoms with Crippen LogP contribution >= 0.6 is 0 Å². The molecule has 1 amide bonds. The highest BCUT2D eigenvalue weighted by atomic mass is 16.5. The van der Waals surface area contributed by atoms with Crippen molar-refractivity contribution in [3.63, 3.8) is 0 Å². The van der Waals surface area contributed by atoms with Crippen molar-refractivity contribution in [1.82, 2.24) is 0 Å². The Morgan fingerprint density at radius 1 is 1.04 bits per heavy atom. The Kier molecular flexibility index (Phi) is 4.84. The Bertz CT molecular complexity index is 1030. The molecule has 0 aliphatic heterocycles. The Balaban J connectivity index is 1.67. The number of hydrogen-bond acceptors (Lipinski definition) is 5. The van der Waals surface area contributed by atoms with E-state index >= 15 is 0 Å². The van der Waals surface area contributed by atoms with Gasteiger partial charge in [0.2, 0.25) is 5.76 Å². The van der Waals surface area contributed by atoms with Gasteiger partial charge in [0.15, 0.2) is 12.0 Å². The molecule has 26 heavy (non-hydrogen) atoms. The van der Waals surface area contributed by atoms with Crippen LogP contribution in [0.5, 0.6) is 0 Å². The highest BCUT2D eigenvalue weighted by molar-refractivity contribution is 5.95. The average molecular weight is 351 g/mol. The van der Waals surface area contributed by atoms with Crippen LogP contribution in [0.3, 0.4) is 0 Å². The zero-order valence-corrected chi connectivity index (χ0v) is 14.4. The van der Waals surface area contributed by atoms with Crippen molar-refractivity contribution in [2.75, 3.05) is 11.9 Å². The van der Waals surface area contributed by atoms with Crippen molar-refractivity contribution in [3.8, 4) is 0 Å². The molecule has 0 aliphatic carbocycles. The summed E-state index contributed by atoms with van der Waals surface area (Å²) in [6.07, 6.45) is 0. The van der Waals surface area contributed by atoms with Gasteiger partial charge in [0.05, 0.1) is 5.39 Å². The standard InChI is InChI=1S/C20H17NO5/c1-12-7-13(2)9-14(8-12)21-19(23)11-25-20(24)18-10-16(22)15-5-3-4-6-17(15)26-18/h3-10H,11H2,1-2H3,(H,21,23). The molecule has 0 bridgehead atoms. The molecule has 132 valence electrons. The monoisotopic (exact) mass is 351 g/mol. The Morgan fingerprint density at radius 2 is 1.73 bits per heavy atom. The lowest BCUT2D eigenvalue weighted by molar-refractivity contribution is -0.119. The summed E-state index contributed by atoms with van der Waals surface area (Å²) >= 11 is 0. The predicted octanol–water partition coefficient (Wildman–Crippen LogP) is 3.21. The highest BCUT2D eigenvalue weighted by Crippen LogP contribution is 2.14. The number of benzene rings is 2. The number of nitrogens with one attached hydrogen (secondary N) is 1. The molecule has 6 heteroatoms. The molecule has 2 aromatic carbocycles. The number of carbonyl (C=O) groups excluding carboxylic acids is 2. The maximum atomic E-state index is 12.1. The topological polar surface area (TPSA) is 85.6 Å². The predicted molar refractivity (Wildman–Crippen MR) is 97.3 cm³/mol. The molecule has 3 aromatic rings. The SMILES string of the molecule is Cc1cc(C)cc(NC(=O)COC(=O)c2cc(=O)c3ccccc3o2)c1. The van der Waals surface area contributed by atoms with Crippen molar-refractivity contribution in [3.05, 3.63) is 75.6 Å². The van der Waals surface area contributed by atoms with E-state index in [1.165, 1.54) is 0 Å². The molecule has 0 spiro atoms. The second kappa shape index (κ2) is 7.23. The van der Waals surface area contributed by atoms with Crippen molar-refractivity contribution in [1.29, 1.82) is 0 Å². The van der Waals surface area contributed by atoms with E-state index in [-0.39, 0.29) is 16.8 Å². The molecule has 0 fully saturated rings. The van der Waals surface area contributed by atoms with Gasteiger partial charge in [-0.2, -0.15) is 0 Å². The zero-order valence-electron chi connectivity index (χ0n) is 14.4. The van der Waals surface area contributed by atoms with E-state index in [2.05, 4.69) is 5.32 Å². The molecule has 3 rings (SSSR count). The van der Waals surface area contributed by atoms with Crippen LogP contribution in [0.2, 0.25) is 0 Å². The van der Waals surface area contributed by atoms with Crippen molar-refractivity contribution < 1.29 is 18.7 Å². The summed E-state index contributed by atoms with van der Waals surface area (Å²) in [5.74, 6) is -1.59. The van der Waals surface area contributed by atoms with Gasteiger partial charge in [0.25, 0.3) is 5.91 Å². The summed E-state index contributed by atoms with van der Waals surface area (Å²) in [7, 11) is 0. The van der Waals surface area contributed by atoms with Gasteiger partial charge in [0, 0.05) is 11.8 Å². The lowest BCUT2D eigenvalue weighted by atomic mass is 10.1. The fourth-order valence-corrected chi connectivity index (χ4v) is 2.65. The van der Waals surface area contributed by atoms with Crippen LogP contribution in [0.4, 0.5) is 5.69 Å². The van der Waals surface area contributed by atoms with Crippen LogP contribution in [0.1, 0.15) is 21.7 Å². The number of rotatable bonds is 4. The molecule has 1 heterocycles. The van der Waals surface area contributed by atoms with E-state index in [1.807, 2.05) is 32.0 Å². The van der Waals surface area contributed by atoms with Crippen LogP contribution in [-0.4, -0.2) is 18.5 Å². The molecule has 0 atom stereocenters.